The minimum absolute atomic E-state index is 0.260. The Morgan fingerprint density at radius 2 is 1.10 bits per heavy atom. The smallest absolute Gasteiger partial charge is 0.245 e. The van der Waals surface area contributed by atoms with Gasteiger partial charge in [-0.3, -0.25) is 19.4 Å². The SMILES string of the molecule is CCN1C(=O)C(Cc2ccc(Cl)cc2)(Cc2ccc(Cl)cc2)C(=O)N(CC)C1=S. The number of carbonyl (C=O) groups excluding carboxylic acids is 2. The van der Waals surface area contributed by atoms with E-state index in [9.17, 15) is 9.59 Å². The topological polar surface area (TPSA) is 40.6 Å². The molecule has 0 bridgehead atoms. The highest BCUT2D eigenvalue weighted by molar-refractivity contribution is 7.80. The molecule has 2 aromatic rings. The number of halogens is 2. The van der Waals surface area contributed by atoms with Crippen LogP contribution in [0, 0.1) is 5.41 Å². The highest BCUT2D eigenvalue weighted by atomic mass is 35.5. The van der Waals surface area contributed by atoms with Gasteiger partial charge in [0.1, 0.15) is 5.41 Å². The van der Waals surface area contributed by atoms with Crippen molar-refractivity contribution in [3.8, 4) is 0 Å². The summed E-state index contributed by atoms with van der Waals surface area (Å²) in [7, 11) is 0. The molecule has 0 saturated carbocycles. The van der Waals surface area contributed by atoms with E-state index in [-0.39, 0.29) is 29.8 Å². The molecule has 3 rings (SSSR count). The maximum absolute atomic E-state index is 13.6. The Kier molecular flexibility index (Phi) is 6.62. The molecule has 1 aliphatic rings. The van der Waals surface area contributed by atoms with Crippen LogP contribution in [0.5, 0.6) is 0 Å². The van der Waals surface area contributed by atoms with E-state index < -0.39 is 5.41 Å². The van der Waals surface area contributed by atoms with Crippen LogP contribution in [0.2, 0.25) is 10.0 Å². The van der Waals surface area contributed by atoms with Crippen molar-refractivity contribution in [2.45, 2.75) is 26.7 Å². The second-order valence-electron chi connectivity index (χ2n) is 7.07. The summed E-state index contributed by atoms with van der Waals surface area (Å²) in [6.07, 6.45) is 0.528. The predicted molar refractivity (Wildman–Crippen MR) is 120 cm³/mol. The van der Waals surface area contributed by atoms with Gasteiger partial charge in [-0.1, -0.05) is 47.5 Å². The van der Waals surface area contributed by atoms with Gasteiger partial charge in [0.05, 0.1) is 0 Å². The number of thiocarbonyl (C=S) groups is 1. The van der Waals surface area contributed by atoms with Gasteiger partial charge in [-0.15, -0.1) is 0 Å². The average molecular weight is 449 g/mol. The maximum atomic E-state index is 13.6. The van der Waals surface area contributed by atoms with Crippen molar-refractivity contribution >= 4 is 52.3 Å². The molecule has 2 amide bonds. The standard InChI is InChI=1S/C22H22Cl2N2O2S/c1-3-25-19(27)22(20(28)26(4-2)21(25)29,13-15-5-9-17(23)10-6-15)14-16-7-11-18(24)12-8-16/h5-12H,3-4,13-14H2,1-2H3. The van der Waals surface area contributed by atoms with Gasteiger partial charge in [0.15, 0.2) is 5.11 Å². The molecule has 0 unspecified atom stereocenters. The van der Waals surface area contributed by atoms with Crippen LogP contribution in [-0.2, 0) is 22.4 Å². The Balaban J connectivity index is 2.12. The average Bonchev–Trinajstić information content (AvgIpc) is 2.71. The third kappa shape index (κ3) is 4.18. The number of benzene rings is 2. The van der Waals surface area contributed by atoms with E-state index in [4.69, 9.17) is 35.4 Å². The lowest BCUT2D eigenvalue weighted by molar-refractivity contribution is -0.156. The number of hydrogen-bond donors (Lipinski definition) is 0. The molecule has 1 aliphatic heterocycles. The summed E-state index contributed by atoms with van der Waals surface area (Å²) in [5, 5.41) is 1.48. The summed E-state index contributed by atoms with van der Waals surface area (Å²) >= 11 is 17.5. The third-order valence-corrected chi connectivity index (χ3v) is 6.19. The molecule has 0 spiro atoms. The molecule has 7 heteroatoms. The van der Waals surface area contributed by atoms with Crippen molar-refractivity contribution in [2.24, 2.45) is 5.41 Å². The van der Waals surface area contributed by atoms with Gasteiger partial charge in [0.25, 0.3) is 0 Å². The number of amides is 2. The summed E-state index contributed by atoms with van der Waals surface area (Å²) in [5.74, 6) is -0.519. The second kappa shape index (κ2) is 8.82. The summed E-state index contributed by atoms with van der Waals surface area (Å²) < 4.78 is 0. The van der Waals surface area contributed by atoms with Crippen LogP contribution in [0.15, 0.2) is 48.5 Å². The lowest BCUT2D eigenvalue weighted by Gasteiger charge is -2.45. The van der Waals surface area contributed by atoms with Crippen molar-refractivity contribution in [3.05, 3.63) is 69.7 Å². The maximum Gasteiger partial charge on any atom is 0.245 e. The summed E-state index contributed by atoms with van der Waals surface area (Å²) in [4.78, 5) is 30.4. The number of hydrogen-bond acceptors (Lipinski definition) is 3. The minimum Gasteiger partial charge on any atom is -0.288 e. The van der Waals surface area contributed by atoms with Gasteiger partial charge in [0.2, 0.25) is 11.8 Å². The van der Waals surface area contributed by atoms with E-state index in [1.165, 1.54) is 9.80 Å². The van der Waals surface area contributed by atoms with Gasteiger partial charge in [-0.05, 0) is 74.3 Å². The first-order chi connectivity index (χ1) is 13.8. The van der Waals surface area contributed by atoms with E-state index in [0.29, 0.717) is 23.1 Å². The molecule has 1 heterocycles. The first-order valence-corrected chi connectivity index (χ1v) is 10.7. The molecule has 29 heavy (non-hydrogen) atoms. The fourth-order valence-corrected chi connectivity index (χ4v) is 4.43. The minimum atomic E-state index is -1.28. The first-order valence-electron chi connectivity index (χ1n) is 9.49. The van der Waals surface area contributed by atoms with Gasteiger partial charge in [-0.2, -0.15) is 0 Å². The molecule has 2 aromatic carbocycles. The lowest BCUT2D eigenvalue weighted by atomic mass is 9.73. The molecule has 1 saturated heterocycles. The van der Waals surface area contributed by atoms with Crippen molar-refractivity contribution in [1.29, 1.82) is 0 Å². The molecule has 0 radical (unpaired) electrons. The Morgan fingerprint density at radius 1 is 0.759 bits per heavy atom. The van der Waals surface area contributed by atoms with Crippen LogP contribution in [0.3, 0.4) is 0 Å². The molecule has 152 valence electrons. The fourth-order valence-electron chi connectivity index (χ4n) is 3.75. The zero-order chi connectivity index (χ0) is 21.2. The molecule has 1 fully saturated rings. The molecule has 0 N–H and O–H groups in total. The summed E-state index contributed by atoms with van der Waals surface area (Å²) in [6, 6.07) is 14.5. The lowest BCUT2D eigenvalue weighted by Crippen LogP contribution is -2.66. The van der Waals surface area contributed by atoms with Crippen LogP contribution in [0.1, 0.15) is 25.0 Å². The quantitative estimate of drug-likeness (QED) is 0.472. The predicted octanol–water partition coefficient (Wildman–Crippen LogP) is 4.76. The molecular weight excluding hydrogens is 427 g/mol. The number of nitrogens with zero attached hydrogens (tertiary/aromatic N) is 2. The number of carbonyl (C=O) groups is 2. The van der Waals surface area contributed by atoms with Gasteiger partial charge in [-0.25, -0.2) is 0 Å². The van der Waals surface area contributed by atoms with E-state index in [1.807, 2.05) is 38.1 Å². The molecule has 4 nitrogen and oxygen atoms in total. The first kappa shape index (κ1) is 21.8. The Bertz CT molecular complexity index is 853. The van der Waals surface area contributed by atoms with Crippen molar-refractivity contribution in [1.82, 2.24) is 9.80 Å². The van der Waals surface area contributed by atoms with Crippen LogP contribution in [0.25, 0.3) is 0 Å². The number of rotatable bonds is 6. The van der Waals surface area contributed by atoms with Crippen molar-refractivity contribution in [3.63, 3.8) is 0 Å². The molecule has 0 atom stereocenters. The Morgan fingerprint density at radius 3 is 1.41 bits per heavy atom. The van der Waals surface area contributed by atoms with Crippen LogP contribution >= 0.6 is 35.4 Å². The Hall–Kier alpha value is -1.95. The third-order valence-electron chi connectivity index (χ3n) is 5.24. The van der Waals surface area contributed by atoms with Crippen LogP contribution < -0.4 is 0 Å². The highest BCUT2D eigenvalue weighted by Crippen LogP contribution is 2.37. The fraction of sp³-hybridized carbons (Fsp3) is 0.318. The normalized spacial score (nSPS) is 16.5. The van der Waals surface area contributed by atoms with E-state index in [1.54, 1.807) is 24.3 Å². The van der Waals surface area contributed by atoms with E-state index >= 15 is 0 Å². The molecule has 0 aromatic heterocycles. The zero-order valence-corrected chi connectivity index (χ0v) is 18.7. The van der Waals surface area contributed by atoms with Crippen LogP contribution in [0.4, 0.5) is 0 Å². The van der Waals surface area contributed by atoms with Crippen LogP contribution in [-0.4, -0.2) is 39.8 Å². The van der Waals surface area contributed by atoms with E-state index in [2.05, 4.69) is 0 Å². The van der Waals surface area contributed by atoms with E-state index in [0.717, 1.165) is 11.1 Å². The zero-order valence-electron chi connectivity index (χ0n) is 16.3. The van der Waals surface area contributed by atoms with Crippen molar-refractivity contribution < 1.29 is 9.59 Å². The monoisotopic (exact) mass is 448 g/mol. The van der Waals surface area contributed by atoms with Gasteiger partial charge < -0.3 is 0 Å². The van der Waals surface area contributed by atoms with Gasteiger partial charge >= 0.3 is 0 Å². The second-order valence-corrected chi connectivity index (χ2v) is 8.31. The molecule has 0 aliphatic carbocycles. The molecular formula is C22H22Cl2N2O2S. The Labute approximate surface area is 186 Å². The highest BCUT2D eigenvalue weighted by Gasteiger charge is 2.55. The van der Waals surface area contributed by atoms with Gasteiger partial charge in [0, 0.05) is 23.1 Å². The largest absolute Gasteiger partial charge is 0.288 e. The van der Waals surface area contributed by atoms with Crippen molar-refractivity contribution in [2.75, 3.05) is 13.1 Å². The summed E-state index contributed by atoms with van der Waals surface area (Å²) in [6.45, 7) is 4.54. The summed E-state index contributed by atoms with van der Waals surface area (Å²) in [5.41, 5.74) is 0.450.